The van der Waals surface area contributed by atoms with E-state index in [0.29, 0.717) is 12.1 Å². The fourth-order valence-electron chi connectivity index (χ4n) is 3.21. The van der Waals surface area contributed by atoms with Crippen molar-refractivity contribution >= 4 is 15.9 Å². The van der Waals surface area contributed by atoms with Crippen molar-refractivity contribution in [1.82, 2.24) is 5.32 Å². The van der Waals surface area contributed by atoms with Gasteiger partial charge in [0.1, 0.15) is 0 Å². The van der Waals surface area contributed by atoms with Gasteiger partial charge in [0.05, 0.1) is 13.2 Å². The highest BCUT2D eigenvalue weighted by Gasteiger charge is 2.23. The van der Waals surface area contributed by atoms with E-state index in [4.69, 9.17) is 9.47 Å². The lowest BCUT2D eigenvalue weighted by atomic mass is 10.0. The Morgan fingerprint density at radius 2 is 1.90 bits per heavy atom. The van der Waals surface area contributed by atoms with Gasteiger partial charge in [-0.1, -0.05) is 15.9 Å². The molecule has 1 aromatic rings. The van der Waals surface area contributed by atoms with Crippen molar-refractivity contribution in [3.05, 3.63) is 22.2 Å². The summed E-state index contributed by atoms with van der Waals surface area (Å²) in [5.41, 5.74) is 1.28. The second-order valence-corrected chi connectivity index (χ2v) is 6.55. The molecular formula is C16H22BrNO2. The lowest BCUT2D eigenvalue weighted by Crippen LogP contribution is -2.15. The van der Waals surface area contributed by atoms with Crippen molar-refractivity contribution in [1.29, 1.82) is 0 Å². The van der Waals surface area contributed by atoms with E-state index < -0.39 is 0 Å². The maximum absolute atomic E-state index is 6.12. The molecule has 0 radical (unpaired) electrons. The summed E-state index contributed by atoms with van der Waals surface area (Å²) in [7, 11) is 1.72. The number of ether oxygens (including phenoxy) is 2. The molecule has 1 aliphatic heterocycles. The van der Waals surface area contributed by atoms with E-state index in [-0.39, 0.29) is 0 Å². The molecule has 1 saturated heterocycles. The Hall–Kier alpha value is -0.740. The van der Waals surface area contributed by atoms with E-state index >= 15 is 0 Å². The number of nitrogens with one attached hydrogen (secondary N) is 1. The fourth-order valence-corrected chi connectivity index (χ4v) is 3.80. The Bertz CT molecular complexity index is 466. The molecule has 4 heteroatoms. The lowest BCUT2D eigenvalue weighted by molar-refractivity contribution is 0.200. The molecule has 0 bridgehead atoms. The predicted molar refractivity (Wildman–Crippen MR) is 83.6 cm³/mol. The van der Waals surface area contributed by atoms with E-state index in [9.17, 15) is 0 Å². The van der Waals surface area contributed by atoms with Crippen molar-refractivity contribution < 1.29 is 9.47 Å². The average Bonchev–Trinajstić information content (AvgIpc) is 3.11. The van der Waals surface area contributed by atoms with Crippen LogP contribution in [0.4, 0.5) is 0 Å². The molecule has 1 N–H and O–H groups in total. The Morgan fingerprint density at radius 3 is 2.55 bits per heavy atom. The van der Waals surface area contributed by atoms with E-state index in [2.05, 4.69) is 33.4 Å². The highest BCUT2D eigenvalue weighted by Crippen LogP contribution is 2.39. The first-order chi connectivity index (χ1) is 9.78. The van der Waals surface area contributed by atoms with Crippen LogP contribution >= 0.6 is 15.9 Å². The number of benzene rings is 1. The summed E-state index contributed by atoms with van der Waals surface area (Å²) >= 11 is 3.69. The van der Waals surface area contributed by atoms with Gasteiger partial charge < -0.3 is 14.8 Å². The van der Waals surface area contributed by atoms with Crippen LogP contribution in [-0.4, -0.2) is 19.8 Å². The summed E-state index contributed by atoms with van der Waals surface area (Å²) in [6.07, 6.45) is 7.64. The summed E-state index contributed by atoms with van der Waals surface area (Å²) in [6, 6.07) is 4.63. The van der Waals surface area contributed by atoms with Crippen LogP contribution in [0.2, 0.25) is 0 Å². The van der Waals surface area contributed by atoms with E-state index in [1.54, 1.807) is 7.11 Å². The molecule has 1 atom stereocenters. The van der Waals surface area contributed by atoms with Crippen molar-refractivity contribution in [2.24, 2.45) is 0 Å². The van der Waals surface area contributed by atoms with Gasteiger partial charge in [-0.3, -0.25) is 0 Å². The summed E-state index contributed by atoms with van der Waals surface area (Å²) in [5, 5.41) is 3.53. The van der Waals surface area contributed by atoms with Gasteiger partial charge >= 0.3 is 0 Å². The molecule has 1 heterocycles. The second kappa shape index (κ2) is 6.35. The third-order valence-electron chi connectivity index (χ3n) is 4.31. The summed E-state index contributed by atoms with van der Waals surface area (Å²) < 4.78 is 12.8. The van der Waals surface area contributed by atoms with Gasteiger partial charge in [-0.2, -0.15) is 0 Å². The minimum atomic E-state index is 0.353. The average molecular weight is 340 g/mol. The third kappa shape index (κ3) is 2.96. The molecule has 1 aliphatic carbocycles. The third-order valence-corrected chi connectivity index (χ3v) is 5.00. The van der Waals surface area contributed by atoms with Crippen LogP contribution in [0.5, 0.6) is 11.5 Å². The number of hydrogen-bond acceptors (Lipinski definition) is 3. The van der Waals surface area contributed by atoms with Crippen LogP contribution in [0.25, 0.3) is 0 Å². The van der Waals surface area contributed by atoms with Crippen LogP contribution in [0.3, 0.4) is 0 Å². The van der Waals surface area contributed by atoms with Crippen LogP contribution in [0.15, 0.2) is 16.6 Å². The molecule has 0 spiro atoms. The van der Waals surface area contributed by atoms with Crippen molar-refractivity contribution in [2.75, 3.05) is 13.7 Å². The molecule has 1 aromatic carbocycles. The van der Waals surface area contributed by atoms with Gasteiger partial charge in [-0.05, 0) is 62.8 Å². The van der Waals surface area contributed by atoms with Crippen molar-refractivity contribution in [3.63, 3.8) is 0 Å². The first-order valence-corrected chi connectivity index (χ1v) is 8.34. The maximum Gasteiger partial charge on any atom is 0.162 e. The number of methoxy groups -OCH3 is 1. The topological polar surface area (TPSA) is 30.5 Å². The minimum absolute atomic E-state index is 0.353. The Labute approximate surface area is 129 Å². The Morgan fingerprint density at radius 1 is 1.10 bits per heavy atom. The van der Waals surface area contributed by atoms with Gasteiger partial charge in [0, 0.05) is 10.5 Å². The minimum Gasteiger partial charge on any atom is -0.493 e. The van der Waals surface area contributed by atoms with E-state index in [1.165, 1.54) is 31.2 Å². The maximum atomic E-state index is 6.12. The van der Waals surface area contributed by atoms with Crippen LogP contribution in [0, 0.1) is 0 Å². The monoisotopic (exact) mass is 339 g/mol. The standard InChI is InChI=1S/C16H22BrNO2/c1-19-15-9-12(14-7-4-8-18-14)13(17)10-16(15)20-11-5-2-3-6-11/h9-11,14,18H,2-8H2,1H3. The normalized spacial score (nSPS) is 23.2. The van der Waals surface area contributed by atoms with Crippen LogP contribution in [0.1, 0.15) is 50.1 Å². The lowest BCUT2D eigenvalue weighted by Gasteiger charge is -2.20. The number of rotatable bonds is 4. The Balaban J connectivity index is 1.84. The molecule has 20 heavy (non-hydrogen) atoms. The molecule has 0 aromatic heterocycles. The molecule has 2 fully saturated rings. The molecule has 2 aliphatic rings. The van der Waals surface area contributed by atoms with Gasteiger partial charge in [-0.25, -0.2) is 0 Å². The second-order valence-electron chi connectivity index (χ2n) is 5.70. The van der Waals surface area contributed by atoms with Gasteiger partial charge in [-0.15, -0.1) is 0 Å². The zero-order valence-electron chi connectivity index (χ0n) is 12.0. The van der Waals surface area contributed by atoms with Crippen LogP contribution in [-0.2, 0) is 0 Å². The van der Waals surface area contributed by atoms with Gasteiger partial charge in [0.2, 0.25) is 0 Å². The number of hydrogen-bond donors (Lipinski definition) is 1. The highest BCUT2D eigenvalue weighted by atomic mass is 79.9. The molecule has 110 valence electrons. The summed E-state index contributed by atoms with van der Waals surface area (Å²) in [4.78, 5) is 0. The van der Waals surface area contributed by atoms with Gasteiger partial charge in [0.25, 0.3) is 0 Å². The van der Waals surface area contributed by atoms with E-state index in [0.717, 1.165) is 35.4 Å². The van der Waals surface area contributed by atoms with E-state index in [1.807, 2.05) is 0 Å². The zero-order chi connectivity index (χ0) is 13.9. The first kappa shape index (κ1) is 14.2. The summed E-state index contributed by atoms with van der Waals surface area (Å²) in [5.74, 6) is 1.72. The molecule has 3 rings (SSSR count). The molecule has 0 amide bonds. The van der Waals surface area contributed by atoms with Gasteiger partial charge in [0.15, 0.2) is 11.5 Å². The number of halogens is 1. The SMILES string of the molecule is COc1cc(C2CCCN2)c(Br)cc1OC1CCCC1. The molecule has 1 unspecified atom stereocenters. The smallest absolute Gasteiger partial charge is 0.162 e. The van der Waals surface area contributed by atoms with Crippen molar-refractivity contribution in [3.8, 4) is 11.5 Å². The quantitative estimate of drug-likeness (QED) is 0.891. The molecule has 1 saturated carbocycles. The molecular weight excluding hydrogens is 318 g/mol. The van der Waals surface area contributed by atoms with Crippen molar-refractivity contribution in [2.45, 2.75) is 50.7 Å². The largest absolute Gasteiger partial charge is 0.493 e. The zero-order valence-corrected chi connectivity index (χ0v) is 13.5. The summed E-state index contributed by atoms with van der Waals surface area (Å²) in [6.45, 7) is 1.10. The highest BCUT2D eigenvalue weighted by molar-refractivity contribution is 9.10. The Kier molecular flexibility index (Phi) is 4.51. The fraction of sp³-hybridized carbons (Fsp3) is 0.625. The first-order valence-electron chi connectivity index (χ1n) is 7.55. The van der Waals surface area contributed by atoms with Crippen LogP contribution < -0.4 is 14.8 Å². The molecule has 3 nitrogen and oxygen atoms in total. The predicted octanol–water partition coefficient (Wildman–Crippen LogP) is 4.20.